The zero-order chi connectivity index (χ0) is 9.10. The highest BCUT2D eigenvalue weighted by molar-refractivity contribution is 5.39. The van der Waals surface area contributed by atoms with Crippen molar-refractivity contribution in [2.24, 2.45) is 5.92 Å². The summed E-state index contributed by atoms with van der Waals surface area (Å²) in [7, 11) is 0. The zero-order valence-electron chi connectivity index (χ0n) is 7.46. The summed E-state index contributed by atoms with van der Waals surface area (Å²) in [6.45, 7) is 0. The third-order valence-corrected chi connectivity index (χ3v) is 2.17. The number of hydrogen-bond donors (Lipinski definition) is 1. The Morgan fingerprint density at radius 1 is 1.38 bits per heavy atom. The van der Waals surface area contributed by atoms with Crippen LogP contribution in [-0.2, 0) is 0 Å². The minimum Gasteiger partial charge on any atom is -0.508 e. The minimum absolute atomic E-state index is 0.290. The third kappa shape index (κ3) is 2.52. The van der Waals surface area contributed by atoms with Crippen LogP contribution in [0.5, 0.6) is 5.75 Å². The minimum atomic E-state index is 0.290. The lowest BCUT2D eigenvalue weighted by atomic mass is 10.2. The van der Waals surface area contributed by atoms with Crippen molar-refractivity contribution in [2.45, 2.75) is 19.3 Å². The van der Waals surface area contributed by atoms with Crippen LogP contribution in [0.25, 0.3) is 0 Å². The van der Waals surface area contributed by atoms with Gasteiger partial charge < -0.3 is 5.11 Å². The first-order valence-corrected chi connectivity index (χ1v) is 4.62. The highest BCUT2D eigenvalue weighted by atomic mass is 16.3. The fraction of sp³-hybridized carbons (Fsp3) is 0.333. The van der Waals surface area contributed by atoms with Crippen LogP contribution in [0.15, 0.2) is 24.3 Å². The molecule has 1 nitrogen and oxygen atoms in total. The van der Waals surface area contributed by atoms with Gasteiger partial charge in [0.2, 0.25) is 0 Å². The van der Waals surface area contributed by atoms with Crippen LogP contribution in [0.1, 0.15) is 24.8 Å². The van der Waals surface area contributed by atoms with Gasteiger partial charge in [0.1, 0.15) is 5.75 Å². The van der Waals surface area contributed by atoms with Crippen molar-refractivity contribution >= 4 is 0 Å². The Labute approximate surface area is 78.4 Å². The molecule has 66 valence electrons. The maximum atomic E-state index is 9.17. The SMILES string of the molecule is Oc1cccc(C#CCC2CC2)c1. The van der Waals surface area contributed by atoms with Gasteiger partial charge in [-0.3, -0.25) is 0 Å². The number of benzene rings is 1. The first kappa shape index (κ1) is 8.19. The fourth-order valence-electron chi connectivity index (χ4n) is 1.20. The third-order valence-electron chi connectivity index (χ3n) is 2.17. The van der Waals surface area contributed by atoms with Gasteiger partial charge in [-0.2, -0.15) is 0 Å². The lowest BCUT2D eigenvalue weighted by molar-refractivity contribution is 0.475. The molecule has 0 atom stereocenters. The fourth-order valence-corrected chi connectivity index (χ4v) is 1.20. The molecule has 0 bridgehead atoms. The van der Waals surface area contributed by atoms with Crippen LogP contribution in [0.4, 0.5) is 0 Å². The maximum absolute atomic E-state index is 9.17. The highest BCUT2D eigenvalue weighted by Crippen LogP contribution is 2.31. The van der Waals surface area contributed by atoms with Crippen LogP contribution in [0, 0.1) is 17.8 Å². The Hall–Kier alpha value is -1.42. The summed E-state index contributed by atoms with van der Waals surface area (Å²) in [4.78, 5) is 0. The van der Waals surface area contributed by atoms with E-state index in [1.165, 1.54) is 12.8 Å². The molecule has 1 heteroatoms. The van der Waals surface area contributed by atoms with E-state index in [-0.39, 0.29) is 0 Å². The van der Waals surface area contributed by atoms with Gasteiger partial charge in [-0.25, -0.2) is 0 Å². The van der Waals surface area contributed by atoms with Crippen molar-refractivity contribution in [3.8, 4) is 17.6 Å². The molecule has 2 rings (SSSR count). The normalized spacial score (nSPS) is 14.8. The molecule has 0 aromatic heterocycles. The van der Waals surface area contributed by atoms with Crippen LogP contribution in [-0.4, -0.2) is 5.11 Å². The molecule has 0 spiro atoms. The summed E-state index contributed by atoms with van der Waals surface area (Å²) in [5.74, 6) is 7.32. The van der Waals surface area contributed by atoms with Crippen LogP contribution >= 0.6 is 0 Å². The second kappa shape index (κ2) is 3.53. The summed E-state index contributed by atoms with van der Waals surface area (Å²) in [6.07, 6.45) is 3.69. The Morgan fingerprint density at radius 2 is 2.23 bits per heavy atom. The molecule has 1 saturated carbocycles. The predicted molar refractivity (Wildman–Crippen MR) is 52.3 cm³/mol. The van der Waals surface area contributed by atoms with Crippen molar-refractivity contribution in [3.05, 3.63) is 29.8 Å². The molecule has 0 unspecified atom stereocenters. The van der Waals surface area contributed by atoms with Gasteiger partial charge in [-0.05, 0) is 37.0 Å². The number of phenolic OH excluding ortho intramolecular Hbond substituents is 1. The molecule has 1 aromatic rings. The van der Waals surface area contributed by atoms with Crippen molar-refractivity contribution in [1.82, 2.24) is 0 Å². The molecule has 0 saturated heterocycles. The van der Waals surface area contributed by atoms with Crippen molar-refractivity contribution < 1.29 is 5.11 Å². The Morgan fingerprint density at radius 3 is 2.92 bits per heavy atom. The second-order valence-electron chi connectivity index (χ2n) is 3.50. The summed E-state index contributed by atoms with van der Waals surface area (Å²) >= 11 is 0. The molecule has 0 radical (unpaired) electrons. The molecular formula is C12H12O. The Kier molecular flexibility index (Phi) is 2.23. The quantitative estimate of drug-likeness (QED) is 0.645. The largest absolute Gasteiger partial charge is 0.508 e. The first-order chi connectivity index (χ1) is 6.34. The van der Waals surface area contributed by atoms with E-state index in [4.69, 9.17) is 5.11 Å². The molecule has 1 aliphatic carbocycles. The summed E-state index contributed by atoms with van der Waals surface area (Å²) in [6, 6.07) is 7.09. The number of rotatable bonds is 1. The van der Waals surface area contributed by atoms with E-state index in [2.05, 4.69) is 11.8 Å². The van der Waals surface area contributed by atoms with Gasteiger partial charge in [0, 0.05) is 12.0 Å². The summed E-state index contributed by atoms with van der Waals surface area (Å²) < 4.78 is 0. The van der Waals surface area contributed by atoms with E-state index in [1.807, 2.05) is 12.1 Å². The molecule has 1 N–H and O–H groups in total. The van der Waals surface area contributed by atoms with Gasteiger partial charge in [-0.1, -0.05) is 17.9 Å². The van der Waals surface area contributed by atoms with Gasteiger partial charge in [0.25, 0.3) is 0 Å². The molecule has 0 heterocycles. The van der Waals surface area contributed by atoms with Crippen molar-refractivity contribution in [2.75, 3.05) is 0 Å². The smallest absolute Gasteiger partial charge is 0.116 e. The van der Waals surface area contributed by atoms with Crippen LogP contribution in [0.3, 0.4) is 0 Å². The average molecular weight is 172 g/mol. The van der Waals surface area contributed by atoms with Crippen LogP contribution < -0.4 is 0 Å². The van der Waals surface area contributed by atoms with E-state index in [9.17, 15) is 0 Å². The van der Waals surface area contributed by atoms with Gasteiger partial charge in [-0.15, -0.1) is 0 Å². The summed E-state index contributed by atoms with van der Waals surface area (Å²) in [5.41, 5.74) is 0.903. The molecule has 13 heavy (non-hydrogen) atoms. The van der Waals surface area contributed by atoms with E-state index in [1.54, 1.807) is 12.1 Å². The molecular weight excluding hydrogens is 160 g/mol. The van der Waals surface area contributed by atoms with E-state index < -0.39 is 0 Å². The lowest BCUT2D eigenvalue weighted by Crippen LogP contribution is -1.74. The van der Waals surface area contributed by atoms with E-state index in [0.29, 0.717) is 5.75 Å². The molecule has 0 amide bonds. The Balaban J connectivity index is 2.01. The van der Waals surface area contributed by atoms with Gasteiger partial charge in [0.05, 0.1) is 0 Å². The summed E-state index contributed by atoms with van der Waals surface area (Å²) in [5, 5.41) is 9.17. The van der Waals surface area contributed by atoms with Gasteiger partial charge >= 0.3 is 0 Å². The molecule has 1 aromatic carbocycles. The van der Waals surface area contributed by atoms with E-state index >= 15 is 0 Å². The topological polar surface area (TPSA) is 20.2 Å². The highest BCUT2D eigenvalue weighted by Gasteiger charge is 2.19. The van der Waals surface area contributed by atoms with Crippen molar-refractivity contribution in [3.63, 3.8) is 0 Å². The molecule has 0 aliphatic heterocycles. The number of hydrogen-bond acceptors (Lipinski definition) is 1. The number of aromatic hydroxyl groups is 1. The monoisotopic (exact) mass is 172 g/mol. The predicted octanol–water partition coefficient (Wildman–Crippen LogP) is 2.54. The van der Waals surface area contributed by atoms with Gasteiger partial charge in [0.15, 0.2) is 0 Å². The molecule has 1 aliphatic rings. The van der Waals surface area contributed by atoms with Crippen LogP contribution in [0.2, 0.25) is 0 Å². The average Bonchev–Trinajstić information content (AvgIpc) is 2.88. The second-order valence-corrected chi connectivity index (χ2v) is 3.50. The number of phenols is 1. The Bertz CT molecular complexity index is 353. The lowest BCUT2D eigenvalue weighted by Gasteiger charge is -1.91. The first-order valence-electron chi connectivity index (χ1n) is 4.62. The maximum Gasteiger partial charge on any atom is 0.116 e. The zero-order valence-corrected chi connectivity index (χ0v) is 7.46. The van der Waals surface area contributed by atoms with E-state index in [0.717, 1.165) is 17.9 Å². The van der Waals surface area contributed by atoms with Crippen molar-refractivity contribution in [1.29, 1.82) is 0 Å². The standard InChI is InChI=1S/C12H12O/c13-12-6-2-5-11(9-12)4-1-3-10-7-8-10/h2,5-6,9-10,13H,3,7-8H2. The molecule has 1 fully saturated rings.